The zero-order valence-corrected chi connectivity index (χ0v) is 17.3. The van der Waals surface area contributed by atoms with Gasteiger partial charge in [0.05, 0.1) is 12.3 Å². The highest BCUT2D eigenvalue weighted by molar-refractivity contribution is 5.89. The Hall–Kier alpha value is -3.09. The molecule has 0 aliphatic carbocycles. The summed E-state index contributed by atoms with van der Waals surface area (Å²) in [6.45, 7) is 8.08. The Kier molecular flexibility index (Phi) is 6.36. The molecule has 154 valence electrons. The molecule has 0 saturated heterocycles. The minimum atomic E-state index is -0.533. The van der Waals surface area contributed by atoms with Crippen LogP contribution in [0.2, 0.25) is 0 Å². The quantitative estimate of drug-likeness (QED) is 0.793. The number of pyridine rings is 1. The van der Waals surface area contributed by atoms with E-state index in [1.54, 1.807) is 6.20 Å². The maximum Gasteiger partial charge on any atom is 0.407 e. The van der Waals surface area contributed by atoms with Crippen molar-refractivity contribution < 1.29 is 19.1 Å². The zero-order chi connectivity index (χ0) is 20.9. The third kappa shape index (κ3) is 5.94. The minimum Gasteiger partial charge on any atom is -0.489 e. The van der Waals surface area contributed by atoms with E-state index in [2.05, 4.69) is 15.5 Å². The van der Waals surface area contributed by atoms with Crippen LogP contribution in [0.5, 0.6) is 5.75 Å². The third-order valence-corrected chi connectivity index (χ3v) is 4.24. The Bertz CT molecular complexity index is 890. The summed E-state index contributed by atoms with van der Waals surface area (Å²) < 4.78 is 11.3. The van der Waals surface area contributed by atoms with Crippen molar-refractivity contribution in [2.45, 2.75) is 45.8 Å². The Morgan fingerprint density at radius 1 is 1.21 bits per heavy atom. The van der Waals surface area contributed by atoms with Gasteiger partial charge in [0.25, 0.3) is 0 Å². The molecular weight excluding hydrogens is 370 g/mol. The average molecular weight is 397 g/mol. The van der Waals surface area contributed by atoms with Gasteiger partial charge in [0.1, 0.15) is 18.0 Å². The summed E-state index contributed by atoms with van der Waals surface area (Å²) in [5.74, 6) is 0.771. The SMILES string of the molecule is Cc1ncccc1-c1ccccc1OCC1CC(CNC(=O)OC(C)(C)C)=NO1. The van der Waals surface area contributed by atoms with Crippen molar-refractivity contribution in [2.75, 3.05) is 13.2 Å². The molecule has 1 unspecified atom stereocenters. The fourth-order valence-corrected chi connectivity index (χ4v) is 2.94. The van der Waals surface area contributed by atoms with Crippen LogP contribution in [0.4, 0.5) is 4.79 Å². The summed E-state index contributed by atoms with van der Waals surface area (Å²) in [5, 5.41) is 6.74. The van der Waals surface area contributed by atoms with Crippen molar-refractivity contribution in [3.8, 4) is 16.9 Å². The van der Waals surface area contributed by atoms with E-state index in [4.69, 9.17) is 14.3 Å². The van der Waals surface area contributed by atoms with Gasteiger partial charge < -0.3 is 19.6 Å². The number of benzene rings is 1. The number of alkyl carbamates (subject to hydrolysis) is 1. The first kappa shape index (κ1) is 20.6. The number of carbonyl (C=O) groups excluding carboxylic acids is 1. The Balaban J connectivity index is 1.52. The number of aryl methyl sites for hydroxylation is 1. The molecular formula is C22H27N3O4. The minimum absolute atomic E-state index is 0.200. The lowest BCUT2D eigenvalue weighted by Gasteiger charge is -2.19. The number of hydrogen-bond acceptors (Lipinski definition) is 6. The second-order valence-corrected chi connectivity index (χ2v) is 7.89. The lowest BCUT2D eigenvalue weighted by molar-refractivity contribution is 0.0472. The van der Waals surface area contributed by atoms with Crippen LogP contribution in [0.25, 0.3) is 11.1 Å². The van der Waals surface area contributed by atoms with Crippen molar-refractivity contribution in [1.29, 1.82) is 0 Å². The maximum atomic E-state index is 11.7. The molecule has 7 heteroatoms. The highest BCUT2D eigenvalue weighted by atomic mass is 16.7. The molecule has 0 fully saturated rings. The predicted molar refractivity (Wildman–Crippen MR) is 111 cm³/mol. The molecule has 0 bridgehead atoms. The van der Waals surface area contributed by atoms with Crippen LogP contribution in [-0.4, -0.2) is 41.6 Å². The molecule has 1 aromatic carbocycles. The van der Waals surface area contributed by atoms with Crippen LogP contribution in [0.15, 0.2) is 47.8 Å². The number of amides is 1. The van der Waals surface area contributed by atoms with Crippen molar-refractivity contribution in [3.05, 3.63) is 48.3 Å². The molecule has 7 nitrogen and oxygen atoms in total. The summed E-state index contributed by atoms with van der Waals surface area (Å²) in [6, 6.07) is 11.8. The van der Waals surface area contributed by atoms with Gasteiger partial charge in [-0.25, -0.2) is 4.79 Å². The Labute approximate surface area is 171 Å². The molecule has 1 aliphatic heterocycles. The second kappa shape index (κ2) is 8.94. The van der Waals surface area contributed by atoms with E-state index in [1.165, 1.54) is 0 Å². The molecule has 1 aliphatic rings. The van der Waals surface area contributed by atoms with E-state index < -0.39 is 11.7 Å². The number of nitrogens with zero attached hydrogens (tertiary/aromatic N) is 2. The van der Waals surface area contributed by atoms with E-state index in [0.29, 0.717) is 13.0 Å². The van der Waals surface area contributed by atoms with Gasteiger partial charge in [0.15, 0.2) is 6.10 Å². The Morgan fingerprint density at radius 2 is 1.97 bits per heavy atom. The highest BCUT2D eigenvalue weighted by Crippen LogP contribution is 2.31. The second-order valence-electron chi connectivity index (χ2n) is 7.89. The molecule has 0 spiro atoms. The summed E-state index contributed by atoms with van der Waals surface area (Å²) in [6.07, 6.45) is 1.69. The fraction of sp³-hybridized carbons (Fsp3) is 0.409. The summed E-state index contributed by atoms with van der Waals surface area (Å²) in [7, 11) is 0. The van der Waals surface area contributed by atoms with E-state index in [9.17, 15) is 4.79 Å². The highest BCUT2D eigenvalue weighted by Gasteiger charge is 2.23. The first-order valence-corrected chi connectivity index (χ1v) is 9.64. The number of nitrogens with one attached hydrogen (secondary N) is 1. The molecule has 1 aromatic heterocycles. The number of para-hydroxylation sites is 1. The largest absolute Gasteiger partial charge is 0.489 e. The van der Waals surface area contributed by atoms with E-state index >= 15 is 0 Å². The van der Waals surface area contributed by atoms with Gasteiger partial charge in [-0.15, -0.1) is 0 Å². The van der Waals surface area contributed by atoms with Crippen LogP contribution in [0.1, 0.15) is 32.9 Å². The molecule has 2 heterocycles. The number of hydrogen-bond donors (Lipinski definition) is 1. The standard InChI is InChI=1S/C22H27N3O4/c1-15-18(9-7-11-23-15)19-8-5-6-10-20(19)27-14-17-12-16(25-29-17)13-24-21(26)28-22(2,3)4/h5-11,17H,12-14H2,1-4H3,(H,24,26). The van der Waals surface area contributed by atoms with E-state index in [1.807, 2.05) is 64.1 Å². The fourth-order valence-electron chi connectivity index (χ4n) is 2.94. The summed E-state index contributed by atoms with van der Waals surface area (Å²) >= 11 is 0. The van der Waals surface area contributed by atoms with Gasteiger partial charge >= 0.3 is 6.09 Å². The molecule has 1 atom stereocenters. The lowest BCUT2D eigenvalue weighted by atomic mass is 10.0. The molecule has 1 N–H and O–H groups in total. The molecule has 29 heavy (non-hydrogen) atoms. The van der Waals surface area contributed by atoms with Gasteiger partial charge in [-0.05, 0) is 39.8 Å². The number of oxime groups is 1. The molecule has 2 aromatic rings. The smallest absolute Gasteiger partial charge is 0.407 e. The van der Waals surface area contributed by atoms with Crippen molar-refractivity contribution >= 4 is 11.8 Å². The predicted octanol–water partition coefficient (Wildman–Crippen LogP) is 4.11. The molecule has 3 rings (SSSR count). The summed E-state index contributed by atoms with van der Waals surface area (Å²) in [4.78, 5) is 21.6. The number of rotatable bonds is 6. The van der Waals surface area contributed by atoms with E-state index in [-0.39, 0.29) is 12.6 Å². The monoisotopic (exact) mass is 397 g/mol. The van der Waals surface area contributed by atoms with Crippen LogP contribution in [0, 0.1) is 6.92 Å². The van der Waals surface area contributed by atoms with Crippen molar-refractivity contribution in [1.82, 2.24) is 10.3 Å². The number of carbonyl (C=O) groups is 1. The maximum absolute atomic E-state index is 11.7. The van der Waals surface area contributed by atoms with Crippen molar-refractivity contribution in [3.63, 3.8) is 0 Å². The number of aromatic nitrogens is 1. The molecule has 1 amide bonds. The topological polar surface area (TPSA) is 82.0 Å². The first-order chi connectivity index (χ1) is 13.8. The van der Waals surface area contributed by atoms with Gasteiger partial charge in [-0.1, -0.05) is 29.4 Å². The number of ether oxygens (including phenoxy) is 2. The van der Waals surface area contributed by atoms with Gasteiger partial charge in [-0.2, -0.15) is 0 Å². The summed E-state index contributed by atoms with van der Waals surface area (Å²) in [5.41, 5.74) is 3.19. The van der Waals surface area contributed by atoms with Crippen LogP contribution >= 0.6 is 0 Å². The van der Waals surface area contributed by atoms with Crippen LogP contribution in [-0.2, 0) is 9.57 Å². The third-order valence-electron chi connectivity index (χ3n) is 4.24. The van der Waals surface area contributed by atoms with Crippen LogP contribution in [0.3, 0.4) is 0 Å². The van der Waals surface area contributed by atoms with E-state index in [0.717, 1.165) is 28.3 Å². The zero-order valence-electron chi connectivity index (χ0n) is 17.3. The molecule has 0 saturated carbocycles. The first-order valence-electron chi connectivity index (χ1n) is 9.64. The lowest BCUT2D eigenvalue weighted by Crippen LogP contribution is -2.35. The van der Waals surface area contributed by atoms with Gasteiger partial charge in [-0.3, -0.25) is 4.98 Å². The van der Waals surface area contributed by atoms with Gasteiger partial charge in [0.2, 0.25) is 0 Å². The Morgan fingerprint density at radius 3 is 2.72 bits per heavy atom. The molecule has 0 radical (unpaired) electrons. The normalized spacial score (nSPS) is 16.0. The van der Waals surface area contributed by atoms with Gasteiger partial charge in [0, 0.05) is 29.4 Å². The van der Waals surface area contributed by atoms with Crippen molar-refractivity contribution in [2.24, 2.45) is 5.16 Å². The average Bonchev–Trinajstić information content (AvgIpc) is 3.12. The van der Waals surface area contributed by atoms with Crippen LogP contribution < -0.4 is 10.1 Å².